The lowest BCUT2D eigenvalue weighted by molar-refractivity contribution is -0.120. The SMILES string of the molecule is CN1CCC(=O)C1CC1CCCCC1. The van der Waals surface area contributed by atoms with Gasteiger partial charge in [0.2, 0.25) is 0 Å². The van der Waals surface area contributed by atoms with Crippen LogP contribution in [0, 0.1) is 5.92 Å². The van der Waals surface area contributed by atoms with Crippen molar-refractivity contribution in [2.75, 3.05) is 13.6 Å². The maximum atomic E-state index is 11.6. The zero-order valence-electron chi connectivity index (χ0n) is 9.17. The number of hydrogen-bond donors (Lipinski definition) is 0. The van der Waals surface area contributed by atoms with E-state index in [1.54, 1.807) is 0 Å². The second kappa shape index (κ2) is 4.43. The number of carbonyl (C=O) groups is 1. The monoisotopic (exact) mass is 195 g/mol. The predicted molar refractivity (Wildman–Crippen MR) is 57.2 cm³/mol. The van der Waals surface area contributed by atoms with Crippen molar-refractivity contribution in [3.8, 4) is 0 Å². The van der Waals surface area contributed by atoms with Crippen molar-refractivity contribution >= 4 is 5.78 Å². The van der Waals surface area contributed by atoms with Crippen molar-refractivity contribution in [3.05, 3.63) is 0 Å². The van der Waals surface area contributed by atoms with Gasteiger partial charge in [-0.05, 0) is 19.4 Å². The van der Waals surface area contributed by atoms with E-state index in [1.807, 2.05) is 0 Å². The molecule has 0 amide bonds. The molecular weight excluding hydrogens is 174 g/mol. The number of rotatable bonds is 2. The Kier molecular flexibility index (Phi) is 3.22. The Balaban J connectivity index is 1.85. The van der Waals surface area contributed by atoms with Crippen molar-refractivity contribution in [1.82, 2.24) is 4.90 Å². The quantitative estimate of drug-likeness (QED) is 0.673. The number of likely N-dealkylation sites (tertiary alicyclic amines) is 1. The molecule has 80 valence electrons. The van der Waals surface area contributed by atoms with E-state index < -0.39 is 0 Å². The van der Waals surface area contributed by atoms with Gasteiger partial charge in [-0.25, -0.2) is 0 Å². The van der Waals surface area contributed by atoms with E-state index in [0.29, 0.717) is 5.78 Å². The number of nitrogens with zero attached hydrogens (tertiary/aromatic N) is 1. The Labute approximate surface area is 86.7 Å². The summed E-state index contributed by atoms with van der Waals surface area (Å²) >= 11 is 0. The summed E-state index contributed by atoms with van der Waals surface area (Å²) in [5, 5.41) is 0. The van der Waals surface area contributed by atoms with E-state index in [4.69, 9.17) is 0 Å². The fourth-order valence-corrected chi connectivity index (χ4v) is 2.90. The van der Waals surface area contributed by atoms with Crippen LogP contribution >= 0.6 is 0 Å². The molecule has 0 aromatic rings. The third kappa shape index (κ3) is 2.17. The fourth-order valence-electron chi connectivity index (χ4n) is 2.90. The van der Waals surface area contributed by atoms with Crippen molar-refractivity contribution in [3.63, 3.8) is 0 Å². The highest BCUT2D eigenvalue weighted by atomic mass is 16.1. The zero-order chi connectivity index (χ0) is 9.97. The van der Waals surface area contributed by atoms with Crippen LogP contribution < -0.4 is 0 Å². The summed E-state index contributed by atoms with van der Waals surface area (Å²) in [6.07, 6.45) is 8.81. The van der Waals surface area contributed by atoms with E-state index in [-0.39, 0.29) is 6.04 Å². The summed E-state index contributed by atoms with van der Waals surface area (Å²) in [4.78, 5) is 13.9. The minimum atomic E-state index is 0.262. The number of likely N-dealkylation sites (N-methyl/N-ethyl adjacent to an activating group) is 1. The highest BCUT2D eigenvalue weighted by Crippen LogP contribution is 2.30. The van der Waals surface area contributed by atoms with Crippen LogP contribution in [0.4, 0.5) is 0 Å². The Morgan fingerprint density at radius 3 is 2.57 bits per heavy atom. The minimum Gasteiger partial charge on any atom is -0.298 e. The van der Waals surface area contributed by atoms with Crippen molar-refractivity contribution < 1.29 is 4.79 Å². The lowest BCUT2D eigenvalue weighted by atomic mass is 9.84. The van der Waals surface area contributed by atoms with Crippen LogP contribution in [0.1, 0.15) is 44.9 Å². The molecule has 1 saturated carbocycles. The van der Waals surface area contributed by atoms with Gasteiger partial charge in [-0.1, -0.05) is 32.1 Å². The summed E-state index contributed by atoms with van der Waals surface area (Å²) < 4.78 is 0. The van der Waals surface area contributed by atoms with E-state index in [0.717, 1.165) is 25.3 Å². The van der Waals surface area contributed by atoms with E-state index in [1.165, 1.54) is 32.1 Å². The lowest BCUT2D eigenvalue weighted by Gasteiger charge is -2.26. The molecular formula is C12H21NO. The minimum absolute atomic E-state index is 0.262. The second-order valence-electron chi connectivity index (χ2n) is 4.95. The van der Waals surface area contributed by atoms with Crippen LogP contribution in [-0.4, -0.2) is 30.3 Å². The number of carbonyl (C=O) groups excluding carboxylic acids is 1. The fraction of sp³-hybridized carbons (Fsp3) is 0.917. The number of Topliss-reactive ketones (excluding diaryl/α,β-unsaturated/α-hetero) is 1. The highest BCUT2D eigenvalue weighted by Gasteiger charge is 2.31. The number of ketones is 1. The molecule has 0 spiro atoms. The number of hydrogen-bond acceptors (Lipinski definition) is 2. The molecule has 0 aromatic carbocycles. The Morgan fingerprint density at radius 1 is 1.29 bits per heavy atom. The van der Waals surface area contributed by atoms with E-state index in [2.05, 4.69) is 11.9 Å². The van der Waals surface area contributed by atoms with Gasteiger partial charge in [0.15, 0.2) is 5.78 Å². The summed E-state index contributed by atoms with van der Waals surface area (Å²) in [5.74, 6) is 1.32. The Morgan fingerprint density at radius 2 is 2.00 bits per heavy atom. The second-order valence-corrected chi connectivity index (χ2v) is 4.95. The molecule has 1 aliphatic carbocycles. The summed E-state index contributed by atoms with van der Waals surface area (Å²) in [7, 11) is 2.10. The van der Waals surface area contributed by atoms with Crippen molar-refractivity contribution in [2.45, 2.75) is 51.0 Å². The summed E-state index contributed by atoms with van der Waals surface area (Å²) in [5.41, 5.74) is 0. The molecule has 1 atom stereocenters. The zero-order valence-corrected chi connectivity index (χ0v) is 9.17. The molecule has 0 N–H and O–H groups in total. The van der Waals surface area contributed by atoms with Crippen molar-refractivity contribution in [1.29, 1.82) is 0 Å². The molecule has 14 heavy (non-hydrogen) atoms. The molecule has 1 aliphatic heterocycles. The first-order valence-corrected chi connectivity index (χ1v) is 6.00. The van der Waals surface area contributed by atoms with Gasteiger partial charge in [-0.3, -0.25) is 9.69 Å². The first-order chi connectivity index (χ1) is 6.77. The third-order valence-electron chi connectivity index (χ3n) is 3.90. The molecule has 0 aromatic heterocycles. The third-order valence-corrected chi connectivity index (χ3v) is 3.90. The average molecular weight is 195 g/mol. The normalized spacial score (nSPS) is 31.2. The van der Waals surface area contributed by atoms with Gasteiger partial charge in [0.05, 0.1) is 6.04 Å². The van der Waals surface area contributed by atoms with Gasteiger partial charge in [-0.2, -0.15) is 0 Å². The molecule has 2 aliphatic rings. The standard InChI is InChI=1S/C12H21NO/c1-13-8-7-12(14)11(13)9-10-5-3-2-4-6-10/h10-11H,2-9H2,1H3. The van der Waals surface area contributed by atoms with Gasteiger partial charge in [0.1, 0.15) is 0 Å². The highest BCUT2D eigenvalue weighted by molar-refractivity contribution is 5.86. The largest absolute Gasteiger partial charge is 0.298 e. The Bertz CT molecular complexity index is 208. The molecule has 0 radical (unpaired) electrons. The van der Waals surface area contributed by atoms with Crippen LogP contribution in [0.25, 0.3) is 0 Å². The van der Waals surface area contributed by atoms with Crippen LogP contribution in [0.5, 0.6) is 0 Å². The van der Waals surface area contributed by atoms with Gasteiger partial charge in [0.25, 0.3) is 0 Å². The first kappa shape index (κ1) is 10.2. The van der Waals surface area contributed by atoms with Crippen LogP contribution in [0.2, 0.25) is 0 Å². The van der Waals surface area contributed by atoms with Crippen LogP contribution in [0.15, 0.2) is 0 Å². The van der Waals surface area contributed by atoms with E-state index in [9.17, 15) is 4.79 Å². The molecule has 1 unspecified atom stereocenters. The Hall–Kier alpha value is -0.370. The maximum Gasteiger partial charge on any atom is 0.151 e. The van der Waals surface area contributed by atoms with E-state index >= 15 is 0 Å². The lowest BCUT2D eigenvalue weighted by Crippen LogP contribution is -2.32. The average Bonchev–Trinajstić information content (AvgIpc) is 2.51. The molecule has 0 bridgehead atoms. The molecule has 1 heterocycles. The topological polar surface area (TPSA) is 20.3 Å². The maximum absolute atomic E-state index is 11.6. The predicted octanol–water partition coefficient (Wildman–Crippen LogP) is 2.23. The molecule has 2 heteroatoms. The molecule has 2 nitrogen and oxygen atoms in total. The smallest absolute Gasteiger partial charge is 0.151 e. The van der Waals surface area contributed by atoms with Gasteiger partial charge in [-0.15, -0.1) is 0 Å². The summed E-state index contributed by atoms with van der Waals surface area (Å²) in [6.45, 7) is 0.982. The van der Waals surface area contributed by atoms with Gasteiger partial charge >= 0.3 is 0 Å². The molecule has 2 rings (SSSR count). The van der Waals surface area contributed by atoms with Crippen LogP contribution in [-0.2, 0) is 4.79 Å². The van der Waals surface area contributed by atoms with Gasteiger partial charge in [0, 0.05) is 13.0 Å². The van der Waals surface area contributed by atoms with Crippen molar-refractivity contribution in [2.24, 2.45) is 5.92 Å². The van der Waals surface area contributed by atoms with Crippen LogP contribution in [0.3, 0.4) is 0 Å². The molecule has 2 fully saturated rings. The summed E-state index contributed by atoms with van der Waals surface area (Å²) in [6, 6.07) is 0.262. The first-order valence-electron chi connectivity index (χ1n) is 6.00. The molecule has 1 saturated heterocycles. The van der Waals surface area contributed by atoms with Gasteiger partial charge < -0.3 is 0 Å².